The van der Waals surface area contributed by atoms with E-state index in [0.717, 1.165) is 6.26 Å². The van der Waals surface area contributed by atoms with E-state index in [9.17, 15) is 27.9 Å². The summed E-state index contributed by atoms with van der Waals surface area (Å²) in [6.07, 6.45) is -0.188. The van der Waals surface area contributed by atoms with Gasteiger partial charge in [-0.15, -0.1) is 0 Å². The van der Waals surface area contributed by atoms with Gasteiger partial charge in [0.2, 0.25) is 0 Å². The van der Waals surface area contributed by atoms with E-state index in [1.54, 1.807) is 20.8 Å². The SMILES string of the molecule is CC(C)(C)OC(=O)N1CCN(C(=O)c2ccc(N3C(=O)OCC3CO)cc2S(C)(=O)=O)CC1. The molecule has 182 valence electrons. The molecule has 2 fully saturated rings. The van der Waals surface area contributed by atoms with E-state index in [0.29, 0.717) is 0 Å². The van der Waals surface area contributed by atoms with Crippen LogP contribution in [0.2, 0.25) is 0 Å². The van der Waals surface area contributed by atoms with Crippen molar-refractivity contribution in [2.24, 2.45) is 0 Å². The molecule has 0 aliphatic carbocycles. The Morgan fingerprint density at radius 2 is 1.76 bits per heavy atom. The summed E-state index contributed by atoms with van der Waals surface area (Å²) in [5, 5.41) is 9.49. The van der Waals surface area contributed by atoms with E-state index >= 15 is 0 Å². The zero-order chi connectivity index (χ0) is 24.6. The van der Waals surface area contributed by atoms with Crippen molar-refractivity contribution in [2.45, 2.75) is 37.3 Å². The molecule has 0 bridgehead atoms. The zero-order valence-corrected chi connectivity index (χ0v) is 19.9. The van der Waals surface area contributed by atoms with Crippen LogP contribution in [0.25, 0.3) is 0 Å². The molecular formula is C21H29N3O8S. The predicted octanol–water partition coefficient (Wildman–Crippen LogP) is 1.10. The summed E-state index contributed by atoms with van der Waals surface area (Å²) < 4.78 is 35.3. The largest absolute Gasteiger partial charge is 0.447 e. The van der Waals surface area contributed by atoms with Gasteiger partial charge in [0.15, 0.2) is 9.84 Å². The Morgan fingerprint density at radius 3 is 2.30 bits per heavy atom. The minimum atomic E-state index is -3.83. The summed E-state index contributed by atoms with van der Waals surface area (Å²) in [7, 11) is -3.83. The summed E-state index contributed by atoms with van der Waals surface area (Å²) in [5.74, 6) is -0.492. The normalized spacial score (nSPS) is 19.5. The standard InChI is InChI=1S/C21H29N3O8S/c1-21(2,3)32-19(27)23-9-7-22(8-10-23)18(26)16-6-5-14(11-17(16)33(4,29)30)24-15(12-25)13-31-20(24)28/h5-6,11,15,25H,7-10,12-13H2,1-4H3. The average molecular weight is 484 g/mol. The van der Waals surface area contributed by atoms with Gasteiger partial charge >= 0.3 is 12.2 Å². The van der Waals surface area contributed by atoms with Crippen molar-refractivity contribution in [2.75, 3.05) is 50.5 Å². The maximum atomic E-state index is 13.2. The van der Waals surface area contributed by atoms with E-state index < -0.39 is 39.6 Å². The maximum absolute atomic E-state index is 13.2. The average Bonchev–Trinajstić information content (AvgIpc) is 3.11. The van der Waals surface area contributed by atoms with E-state index in [2.05, 4.69) is 0 Å². The first-order valence-corrected chi connectivity index (χ1v) is 12.4. The fourth-order valence-corrected chi connectivity index (χ4v) is 4.53. The van der Waals surface area contributed by atoms with Gasteiger partial charge in [-0.2, -0.15) is 0 Å². The van der Waals surface area contributed by atoms with Crippen molar-refractivity contribution in [3.05, 3.63) is 23.8 Å². The number of carbonyl (C=O) groups excluding carboxylic acids is 3. The molecule has 3 amide bonds. The Kier molecular flexibility index (Phi) is 6.89. The van der Waals surface area contributed by atoms with Crippen molar-refractivity contribution >= 4 is 33.6 Å². The fraction of sp³-hybridized carbons (Fsp3) is 0.571. The van der Waals surface area contributed by atoms with E-state index in [1.807, 2.05) is 0 Å². The third-order valence-corrected chi connectivity index (χ3v) is 6.40. The van der Waals surface area contributed by atoms with Gasteiger partial charge in [0, 0.05) is 38.1 Å². The molecule has 12 heteroatoms. The second kappa shape index (κ2) is 9.18. The van der Waals surface area contributed by atoms with Crippen LogP contribution in [-0.2, 0) is 19.3 Å². The van der Waals surface area contributed by atoms with Crippen LogP contribution in [0.5, 0.6) is 0 Å². The van der Waals surface area contributed by atoms with Crippen molar-refractivity contribution in [3.63, 3.8) is 0 Å². The lowest BCUT2D eigenvalue weighted by Crippen LogP contribution is -2.51. The maximum Gasteiger partial charge on any atom is 0.414 e. The summed E-state index contributed by atoms with van der Waals surface area (Å²) in [5.41, 5.74) is -0.448. The number of sulfone groups is 1. The van der Waals surface area contributed by atoms with Crippen LogP contribution >= 0.6 is 0 Å². The van der Waals surface area contributed by atoms with Crippen LogP contribution in [0.3, 0.4) is 0 Å². The fourth-order valence-electron chi connectivity index (χ4n) is 3.64. The molecule has 2 heterocycles. The van der Waals surface area contributed by atoms with Gasteiger partial charge in [-0.1, -0.05) is 0 Å². The number of rotatable bonds is 4. The second-order valence-corrected chi connectivity index (χ2v) is 11.0. The monoisotopic (exact) mass is 483 g/mol. The van der Waals surface area contributed by atoms with Crippen LogP contribution in [0.4, 0.5) is 15.3 Å². The number of nitrogens with zero attached hydrogens (tertiary/aromatic N) is 3. The number of benzene rings is 1. The van der Waals surface area contributed by atoms with Gasteiger partial charge < -0.3 is 24.4 Å². The molecule has 33 heavy (non-hydrogen) atoms. The summed E-state index contributed by atoms with van der Waals surface area (Å²) >= 11 is 0. The molecule has 2 saturated heterocycles. The van der Waals surface area contributed by atoms with Gasteiger partial charge in [-0.3, -0.25) is 9.69 Å². The number of anilines is 1. The number of cyclic esters (lactones) is 1. The minimum absolute atomic E-state index is 0.0217. The van der Waals surface area contributed by atoms with Gasteiger partial charge in [-0.25, -0.2) is 18.0 Å². The van der Waals surface area contributed by atoms with Gasteiger partial charge in [-0.05, 0) is 39.0 Å². The minimum Gasteiger partial charge on any atom is -0.447 e. The third-order valence-electron chi connectivity index (χ3n) is 5.26. The lowest BCUT2D eigenvalue weighted by molar-refractivity contribution is 0.0140. The Bertz CT molecular complexity index is 1040. The lowest BCUT2D eigenvalue weighted by Gasteiger charge is -2.35. The Labute approximate surface area is 192 Å². The number of piperazine rings is 1. The summed E-state index contributed by atoms with van der Waals surface area (Å²) in [4.78, 5) is 41.4. The second-order valence-electron chi connectivity index (χ2n) is 9.00. The first-order valence-electron chi connectivity index (χ1n) is 10.5. The smallest absolute Gasteiger partial charge is 0.414 e. The van der Waals surface area contributed by atoms with E-state index in [-0.39, 0.29) is 55.5 Å². The molecule has 1 unspecified atom stereocenters. The molecule has 0 aromatic heterocycles. The number of aliphatic hydroxyl groups excluding tert-OH is 1. The Balaban J connectivity index is 1.81. The van der Waals surface area contributed by atoms with Gasteiger partial charge in [0.05, 0.1) is 23.1 Å². The quantitative estimate of drug-likeness (QED) is 0.673. The highest BCUT2D eigenvalue weighted by molar-refractivity contribution is 7.90. The molecule has 11 nitrogen and oxygen atoms in total. The summed E-state index contributed by atoms with van der Waals surface area (Å²) in [6, 6.07) is 3.41. The van der Waals surface area contributed by atoms with Crippen LogP contribution < -0.4 is 4.90 Å². The van der Waals surface area contributed by atoms with Crippen LogP contribution in [0.15, 0.2) is 23.1 Å². The van der Waals surface area contributed by atoms with E-state index in [1.165, 1.54) is 32.9 Å². The molecule has 1 aromatic rings. The topological polar surface area (TPSA) is 134 Å². The molecule has 0 saturated carbocycles. The van der Waals surface area contributed by atoms with Crippen molar-refractivity contribution < 1.29 is 37.4 Å². The molecule has 2 aliphatic heterocycles. The van der Waals surface area contributed by atoms with Crippen molar-refractivity contribution in [3.8, 4) is 0 Å². The molecular weight excluding hydrogens is 454 g/mol. The zero-order valence-electron chi connectivity index (χ0n) is 19.1. The number of hydrogen-bond acceptors (Lipinski definition) is 8. The number of ether oxygens (including phenoxy) is 2. The van der Waals surface area contributed by atoms with Crippen LogP contribution in [-0.4, -0.2) is 98.7 Å². The summed E-state index contributed by atoms with van der Waals surface area (Å²) in [6.45, 7) is 5.87. The van der Waals surface area contributed by atoms with Crippen molar-refractivity contribution in [1.82, 2.24) is 9.80 Å². The Hall–Kier alpha value is -2.86. The highest BCUT2D eigenvalue weighted by atomic mass is 32.2. The molecule has 1 N–H and O–H groups in total. The molecule has 2 aliphatic rings. The molecule has 0 spiro atoms. The number of hydrogen-bond donors (Lipinski definition) is 1. The lowest BCUT2D eigenvalue weighted by atomic mass is 10.1. The first-order chi connectivity index (χ1) is 15.3. The first kappa shape index (κ1) is 24.8. The molecule has 1 atom stereocenters. The number of amides is 3. The molecule has 0 radical (unpaired) electrons. The van der Waals surface area contributed by atoms with Gasteiger partial charge in [0.1, 0.15) is 12.2 Å². The predicted molar refractivity (Wildman–Crippen MR) is 118 cm³/mol. The Morgan fingerprint density at radius 1 is 1.15 bits per heavy atom. The van der Waals surface area contributed by atoms with Crippen LogP contribution in [0.1, 0.15) is 31.1 Å². The van der Waals surface area contributed by atoms with E-state index in [4.69, 9.17) is 9.47 Å². The molecule has 3 rings (SSSR count). The van der Waals surface area contributed by atoms with Crippen molar-refractivity contribution in [1.29, 1.82) is 0 Å². The number of carbonyl (C=O) groups is 3. The highest BCUT2D eigenvalue weighted by Gasteiger charge is 2.35. The number of aliphatic hydroxyl groups is 1. The van der Waals surface area contributed by atoms with Gasteiger partial charge in [0.25, 0.3) is 5.91 Å². The third kappa shape index (κ3) is 5.56. The highest BCUT2D eigenvalue weighted by Crippen LogP contribution is 2.29. The van der Waals surface area contributed by atoms with Crippen LogP contribution in [0, 0.1) is 0 Å². The molecule has 1 aromatic carbocycles.